The highest BCUT2D eigenvalue weighted by molar-refractivity contribution is 7.23. The lowest BCUT2D eigenvalue weighted by atomic mass is 9.65. The van der Waals surface area contributed by atoms with Crippen molar-refractivity contribution >= 4 is 79.4 Å². The van der Waals surface area contributed by atoms with Crippen molar-refractivity contribution in [2.24, 2.45) is 0 Å². The number of aromatic nitrogens is 2. The molecule has 0 radical (unpaired) electrons. The van der Waals surface area contributed by atoms with Gasteiger partial charge in [0, 0.05) is 42.4 Å². The Labute approximate surface area is 458 Å². The average molecular weight is 1090 g/mol. The lowest BCUT2D eigenvalue weighted by molar-refractivity contribution is -0.133. The van der Waals surface area contributed by atoms with E-state index >= 15 is 9.59 Å². The number of rotatable bonds is 22. The summed E-state index contributed by atoms with van der Waals surface area (Å²) in [6.07, 6.45) is 19.3. The number of carbonyl (C=O) groups is 6. The van der Waals surface area contributed by atoms with Gasteiger partial charge in [-0.25, -0.2) is 0 Å². The fourth-order valence-corrected chi connectivity index (χ4v) is 16.4. The van der Waals surface area contributed by atoms with Gasteiger partial charge in [0.15, 0.2) is 0 Å². The monoisotopic (exact) mass is 1090 g/mol. The average Bonchev–Trinajstić information content (AvgIpc) is 3.52. The summed E-state index contributed by atoms with van der Waals surface area (Å²) in [6.45, 7) is 8.38. The number of hydrogen-bond acceptors (Lipinski definition) is 12. The highest BCUT2D eigenvalue weighted by Gasteiger charge is 2.58. The second-order valence-corrected chi connectivity index (χ2v) is 24.3. The van der Waals surface area contributed by atoms with Crippen LogP contribution in [-0.4, -0.2) is 45.2 Å². The summed E-state index contributed by atoms with van der Waals surface area (Å²) in [5, 5.41) is 5.88. The number of fused-ring (bicyclic) bond motifs is 13. The number of benzene rings is 2. The molecular weight excluding hydrogens is 1020 g/mol. The minimum atomic E-state index is -1.92. The molecule has 0 saturated carbocycles. The van der Waals surface area contributed by atoms with Crippen LogP contribution in [0.25, 0.3) is 31.3 Å². The standard InChI is InChI=1S/C62H64N4O10S2/c1-5-9-13-17-21-31-25-35-47-45(41(31)55(71)63-53(35)69)43-33(23-19-15-11-7-3)29-61(47,59(75)65-57(43)73)39-27-37-49(67)50(68)38-28-40(78-52(38)51(37)77-39)62-30-34(24-20-16-12-8-4)44(58(74)66-60(62)76)46-42-32(22-18-14-10-6-2)26-36(48(46)62)54(70)64-56(42)72/h25-30,43-44H,5-24H2,1-4H3,(H,63,69,71)(H,64,70,72)(H,65,73,75)(H,66,74,76). The van der Waals surface area contributed by atoms with Crippen molar-refractivity contribution in [3.63, 3.8) is 0 Å². The molecule has 4 N–H and O–H groups in total. The summed E-state index contributed by atoms with van der Waals surface area (Å²) in [4.78, 5) is 153. The molecule has 6 aromatic heterocycles. The van der Waals surface area contributed by atoms with E-state index in [-0.39, 0.29) is 53.6 Å². The van der Waals surface area contributed by atoms with Crippen molar-refractivity contribution in [3.8, 4) is 9.75 Å². The minimum absolute atomic E-state index is 0.0159. The number of carbonyl (C=O) groups excluding carboxylic acids is 6. The predicted molar refractivity (Wildman–Crippen MR) is 303 cm³/mol. The number of aryl methyl sites for hydroxylation is 2. The molecule has 0 saturated heterocycles. The summed E-state index contributed by atoms with van der Waals surface area (Å²) in [6, 6.07) is 6.37. The van der Waals surface area contributed by atoms with Crippen LogP contribution < -0.4 is 32.9 Å². The van der Waals surface area contributed by atoms with Gasteiger partial charge >= 0.3 is 0 Å². The van der Waals surface area contributed by atoms with Crippen LogP contribution in [0.2, 0.25) is 0 Å². The molecule has 7 aliphatic rings. The first-order valence-electron chi connectivity index (χ1n) is 28.3. The highest BCUT2D eigenvalue weighted by atomic mass is 32.1. The Kier molecular flexibility index (Phi) is 14.2. The number of ketones is 2. The third kappa shape index (κ3) is 8.12. The lowest BCUT2D eigenvalue weighted by Crippen LogP contribution is -2.44. The van der Waals surface area contributed by atoms with Crippen molar-refractivity contribution in [1.29, 1.82) is 0 Å². The number of hydrogen-bond donors (Lipinski definition) is 4. The summed E-state index contributed by atoms with van der Waals surface area (Å²) >= 11 is 2.13. The van der Waals surface area contributed by atoms with E-state index in [9.17, 15) is 38.4 Å². The Morgan fingerprint density at radius 2 is 0.795 bits per heavy atom. The zero-order valence-corrected chi connectivity index (χ0v) is 46.3. The van der Waals surface area contributed by atoms with Gasteiger partial charge in [0.1, 0.15) is 10.8 Å². The van der Waals surface area contributed by atoms with Crippen molar-refractivity contribution in [3.05, 3.63) is 143 Å². The molecule has 404 valence electrons. The molecule has 78 heavy (non-hydrogen) atoms. The molecule has 8 bridgehead atoms. The van der Waals surface area contributed by atoms with Gasteiger partial charge in [0.2, 0.25) is 35.2 Å². The fraction of sp³-hybridized carbons (Fsp3) is 0.452. The third-order valence-electron chi connectivity index (χ3n) is 17.3. The molecule has 10 heterocycles. The number of H-pyrrole nitrogens is 2. The van der Waals surface area contributed by atoms with Crippen molar-refractivity contribution in [2.75, 3.05) is 0 Å². The lowest BCUT2D eigenvalue weighted by Gasteiger charge is -2.35. The van der Waals surface area contributed by atoms with Crippen LogP contribution in [0.5, 0.6) is 0 Å². The van der Waals surface area contributed by atoms with Crippen LogP contribution >= 0.6 is 22.7 Å². The highest BCUT2D eigenvalue weighted by Crippen LogP contribution is 2.59. The zero-order chi connectivity index (χ0) is 54.9. The SMILES string of the molecule is CCCCCCC1=CC2(c3cc4c(s3)-c3sc(C56C=C(CCCCCC)C(C(=O)NC5=O)c5c6c6cc(CCCCCC)c5c(=O)[nH]c6=O)cc3C(=O)C4=O)C(=O)NC(=O)C1c1c2c2cc(CCCCCC)c1c(=O)[nH]c2=O. The molecule has 15 rings (SSSR count). The number of imide groups is 2. The van der Waals surface area contributed by atoms with Gasteiger partial charge in [-0.1, -0.05) is 128 Å². The molecule has 4 atom stereocenters. The van der Waals surface area contributed by atoms with Gasteiger partial charge in [-0.15, -0.1) is 22.7 Å². The Bertz CT molecular complexity index is 3610. The maximum Gasteiger partial charge on any atom is 0.258 e. The van der Waals surface area contributed by atoms with E-state index in [2.05, 4.69) is 48.3 Å². The molecule has 2 aromatic carbocycles. The summed E-state index contributed by atoms with van der Waals surface area (Å²) in [7, 11) is 0. The van der Waals surface area contributed by atoms with E-state index in [1.807, 2.05) is 0 Å². The largest absolute Gasteiger partial charge is 0.294 e. The summed E-state index contributed by atoms with van der Waals surface area (Å²) in [5.41, 5.74) is -3.12. The van der Waals surface area contributed by atoms with Gasteiger partial charge in [0.05, 0.1) is 21.6 Å². The third-order valence-corrected chi connectivity index (χ3v) is 20.0. The molecule has 0 spiro atoms. The number of nitrogens with one attached hydrogen (secondary N) is 4. The first kappa shape index (κ1) is 53.2. The minimum Gasteiger partial charge on any atom is -0.294 e. The second-order valence-electron chi connectivity index (χ2n) is 22.2. The van der Waals surface area contributed by atoms with Crippen molar-refractivity contribution in [2.45, 2.75) is 179 Å². The molecule has 4 amide bonds. The van der Waals surface area contributed by atoms with Gasteiger partial charge in [0.25, 0.3) is 22.2 Å². The molecule has 0 fully saturated rings. The van der Waals surface area contributed by atoms with E-state index in [0.29, 0.717) is 81.7 Å². The second kappa shape index (κ2) is 20.8. The van der Waals surface area contributed by atoms with Gasteiger partial charge in [-0.05, 0) is 109 Å². The van der Waals surface area contributed by atoms with E-state index in [1.165, 1.54) is 12.1 Å². The first-order valence-corrected chi connectivity index (χ1v) is 29.9. The summed E-state index contributed by atoms with van der Waals surface area (Å²) in [5.74, 6) is -6.61. The van der Waals surface area contributed by atoms with Gasteiger partial charge < -0.3 is 0 Å². The zero-order valence-electron chi connectivity index (χ0n) is 44.7. The number of unbranched alkanes of at least 4 members (excludes halogenated alkanes) is 12. The Hall–Kier alpha value is -6.78. The van der Waals surface area contributed by atoms with Gasteiger partial charge in [-0.2, -0.15) is 0 Å². The fourth-order valence-electron chi connectivity index (χ4n) is 13.6. The number of amides is 4. The normalized spacial score (nSPS) is 21.1. The van der Waals surface area contributed by atoms with E-state index in [4.69, 9.17) is 0 Å². The molecular formula is C62H64N4O10S2. The quantitative estimate of drug-likeness (QED) is 0.0218. The maximum atomic E-state index is 15.3. The Morgan fingerprint density at radius 3 is 1.15 bits per heavy atom. The maximum absolute atomic E-state index is 15.3. The van der Waals surface area contributed by atoms with E-state index in [0.717, 1.165) is 113 Å². The van der Waals surface area contributed by atoms with E-state index in [1.54, 1.807) is 24.3 Å². The van der Waals surface area contributed by atoms with Gasteiger partial charge in [-0.3, -0.25) is 68.5 Å². The van der Waals surface area contributed by atoms with E-state index < -0.39 is 80.1 Å². The van der Waals surface area contributed by atoms with Crippen LogP contribution in [0.3, 0.4) is 0 Å². The molecule has 4 aliphatic heterocycles. The number of Topliss-reactive ketones (excluding diaryl/α,β-unsaturated/α-hetero) is 2. The van der Waals surface area contributed by atoms with Crippen molar-refractivity contribution < 1.29 is 28.8 Å². The van der Waals surface area contributed by atoms with Crippen molar-refractivity contribution in [1.82, 2.24) is 20.6 Å². The predicted octanol–water partition coefficient (Wildman–Crippen LogP) is 10.3. The topological polar surface area (TPSA) is 226 Å². The number of aromatic amines is 2. The molecule has 14 nitrogen and oxygen atoms in total. The molecule has 16 heteroatoms. The Morgan fingerprint density at radius 1 is 0.436 bits per heavy atom. The Balaban J connectivity index is 1.15. The molecule has 3 aliphatic carbocycles. The van der Waals surface area contributed by atoms with Crippen LogP contribution in [0.1, 0.15) is 219 Å². The molecule has 8 aromatic rings. The van der Waals surface area contributed by atoms with Crippen LogP contribution in [0.4, 0.5) is 0 Å². The van der Waals surface area contributed by atoms with Crippen LogP contribution in [-0.2, 0) is 42.8 Å². The first-order chi connectivity index (χ1) is 37.7. The number of thiophene rings is 2. The van der Waals surface area contributed by atoms with Crippen LogP contribution in [0, 0.1) is 0 Å². The summed E-state index contributed by atoms with van der Waals surface area (Å²) < 4.78 is 0. The van der Waals surface area contributed by atoms with Crippen LogP contribution in [0.15, 0.2) is 66.7 Å². The molecule has 4 unspecified atom stereocenters. The smallest absolute Gasteiger partial charge is 0.258 e.